The second-order valence-corrected chi connectivity index (χ2v) is 8.59. The number of piperazine rings is 1. The molecule has 1 heterocycles. The van der Waals surface area contributed by atoms with E-state index < -0.39 is 10.0 Å². The van der Waals surface area contributed by atoms with Crippen molar-refractivity contribution in [3.8, 4) is 0 Å². The van der Waals surface area contributed by atoms with Gasteiger partial charge in [0.1, 0.15) is 0 Å². The van der Waals surface area contributed by atoms with Crippen LogP contribution in [-0.4, -0.2) is 63.8 Å². The lowest BCUT2D eigenvalue weighted by molar-refractivity contribution is 0.381. The Morgan fingerprint density at radius 2 is 1.81 bits per heavy atom. The van der Waals surface area contributed by atoms with Crippen LogP contribution in [0.15, 0.2) is 29.3 Å². The maximum atomic E-state index is 11.8. The molecule has 0 radical (unpaired) electrons. The average molecular weight is 516 g/mol. The number of hydrogen-bond acceptors (Lipinski definition) is 4. The number of benzene rings is 1. The normalized spacial score (nSPS) is 15.9. The van der Waals surface area contributed by atoms with E-state index in [2.05, 4.69) is 14.6 Å². The zero-order chi connectivity index (χ0) is 18.4. The molecule has 1 aromatic rings. The van der Waals surface area contributed by atoms with Crippen molar-refractivity contribution in [2.24, 2.45) is 10.7 Å². The minimum absolute atomic E-state index is 0. The van der Waals surface area contributed by atoms with Crippen LogP contribution in [0.5, 0.6) is 0 Å². The van der Waals surface area contributed by atoms with Crippen LogP contribution < -0.4 is 15.4 Å². The van der Waals surface area contributed by atoms with Gasteiger partial charge in [0.05, 0.1) is 12.3 Å². The Balaban J connectivity index is 0.00000338. The average Bonchev–Trinajstić information content (AvgIpc) is 2.54. The number of guanidine groups is 1. The number of halogens is 2. The summed E-state index contributed by atoms with van der Waals surface area (Å²) in [6.45, 7) is 6.87. The summed E-state index contributed by atoms with van der Waals surface area (Å²) < 4.78 is 26.1. The lowest BCUT2D eigenvalue weighted by Gasteiger charge is -2.36. The Morgan fingerprint density at radius 1 is 1.23 bits per heavy atom. The zero-order valence-corrected chi connectivity index (χ0v) is 19.0. The first kappa shape index (κ1) is 23.3. The molecule has 1 aliphatic rings. The summed E-state index contributed by atoms with van der Waals surface area (Å²) in [4.78, 5) is 8.46. The maximum absolute atomic E-state index is 11.8. The van der Waals surface area contributed by atoms with E-state index in [4.69, 9.17) is 17.3 Å². The van der Waals surface area contributed by atoms with Crippen molar-refractivity contribution in [3.05, 3.63) is 29.3 Å². The highest BCUT2D eigenvalue weighted by atomic mass is 127. The van der Waals surface area contributed by atoms with Crippen molar-refractivity contribution in [2.45, 2.75) is 19.9 Å². The van der Waals surface area contributed by atoms with Gasteiger partial charge in [-0.2, -0.15) is 0 Å². The van der Waals surface area contributed by atoms with E-state index in [1.165, 1.54) is 0 Å². The first-order valence-corrected chi connectivity index (χ1v) is 10.4. The van der Waals surface area contributed by atoms with Gasteiger partial charge in [0.2, 0.25) is 10.0 Å². The van der Waals surface area contributed by atoms with Gasteiger partial charge in [-0.05, 0) is 38.1 Å². The number of nitrogens with two attached hydrogens (primary N) is 1. The number of sulfonamides is 1. The molecule has 0 amide bonds. The Labute approximate surface area is 178 Å². The second-order valence-electron chi connectivity index (χ2n) is 6.28. The fourth-order valence-electron chi connectivity index (χ4n) is 2.64. The van der Waals surface area contributed by atoms with E-state index in [1.54, 1.807) is 13.8 Å². The van der Waals surface area contributed by atoms with Gasteiger partial charge < -0.3 is 15.5 Å². The SMILES string of the molecule is CC(C)NS(=O)(=O)CCN=C(N)N1CCN(c2ccc(Cl)cc2)CC1.I. The third-order valence-corrected chi connectivity index (χ3v) is 5.65. The molecule has 1 aliphatic heterocycles. The van der Waals surface area contributed by atoms with Crippen LogP contribution in [0.2, 0.25) is 5.02 Å². The fraction of sp³-hybridized carbons (Fsp3) is 0.562. The number of rotatable bonds is 6. The van der Waals surface area contributed by atoms with Crippen molar-refractivity contribution in [3.63, 3.8) is 0 Å². The number of aliphatic imine (C=N–C) groups is 1. The lowest BCUT2D eigenvalue weighted by atomic mass is 10.2. The lowest BCUT2D eigenvalue weighted by Crippen LogP contribution is -2.51. The second kappa shape index (κ2) is 10.5. The summed E-state index contributed by atoms with van der Waals surface area (Å²) >= 11 is 5.92. The molecule has 0 spiro atoms. The third-order valence-electron chi connectivity index (χ3n) is 3.84. The largest absolute Gasteiger partial charge is 0.370 e. The van der Waals surface area contributed by atoms with Gasteiger partial charge in [-0.3, -0.25) is 4.99 Å². The number of nitrogens with one attached hydrogen (secondary N) is 1. The van der Waals surface area contributed by atoms with Crippen molar-refractivity contribution in [1.29, 1.82) is 0 Å². The van der Waals surface area contributed by atoms with Crippen molar-refractivity contribution < 1.29 is 8.42 Å². The highest BCUT2D eigenvalue weighted by molar-refractivity contribution is 14.0. The van der Waals surface area contributed by atoms with E-state index >= 15 is 0 Å². The van der Waals surface area contributed by atoms with Crippen LogP contribution in [0.4, 0.5) is 5.69 Å². The summed E-state index contributed by atoms with van der Waals surface area (Å²) in [6.07, 6.45) is 0. The monoisotopic (exact) mass is 515 g/mol. The summed E-state index contributed by atoms with van der Waals surface area (Å²) in [5.74, 6) is 0.340. The Bertz CT molecular complexity index is 689. The predicted octanol–water partition coefficient (Wildman–Crippen LogP) is 1.72. The fourth-order valence-corrected chi connectivity index (χ4v) is 3.94. The van der Waals surface area contributed by atoms with Gasteiger partial charge in [0.25, 0.3) is 0 Å². The topological polar surface area (TPSA) is 91.0 Å². The third kappa shape index (κ3) is 7.45. The van der Waals surface area contributed by atoms with Gasteiger partial charge in [-0.25, -0.2) is 13.1 Å². The van der Waals surface area contributed by atoms with E-state index in [9.17, 15) is 8.42 Å². The Kier molecular flexibility index (Phi) is 9.42. The minimum Gasteiger partial charge on any atom is -0.370 e. The summed E-state index contributed by atoms with van der Waals surface area (Å²) in [6, 6.07) is 7.65. The molecule has 0 bridgehead atoms. The van der Waals surface area contributed by atoms with Crippen LogP contribution in [0.1, 0.15) is 13.8 Å². The van der Waals surface area contributed by atoms with Crippen molar-refractivity contribution in [1.82, 2.24) is 9.62 Å². The standard InChI is InChI=1S/C16H26ClN5O2S.HI/c1-13(2)20-25(23,24)12-7-19-16(18)22-10-8-21(9-11-22)15-5-3-14(17)4-6-15;/h3-6,13,20H,7-12H2,1-2H3,(H2,18,19);1H. The van der Waals surface area contributed by atoms with E-state index in [0.717, 1.165) is 36.9 Å². The molecule has 10 heteroatoms. The molecule has 1 saturated heterocycles. The summed E-state index contributed by atoms with van der Waals surface area (Å²) in [7, 11) is -3.31. The van der Waals surface area contributed by atoms with Gasteiger partial charge in [0.15, 0.2) is 5.96 Å². The Morgan fingerprint density at radius 3 is 2.35 bits per heavy atom. The maximum Gasteiger partial charge on any atom is 0.213 e. The van der Waals surface area contributed by atoms with Crippen molar-refractivity contribution in [2.75, 3.05) is 43.4 Å². The molecule has 26 heavy (non-hydrogen) atoms. The van der Waals surface area contributed by atoms with Gasteiger partial charge in [-0.15, -0.1) is 24.0 Å². The van der Waals surface area contributed by atoms with E-state index in [-0.39, 0.29) is 42.3 Å². The molecule has 1 aromatic carbocycles. The van der Waals surface area contributed by atoms with E-state index in [1.807, 2.05) is 29.2 Å². The molecular weight excluding hydrogens is 489 g/mol. The minimum atomic E-state index is -3.31. The van der Waals surface area contributed by atoms with Gasteiger partial charge in [-0.1, -0.05) is 11.6 Å². The number of anilines is 1. The van der Waals surface area contributed by atoms with E-state index in [0.29, 0.717) is 5.96 Å². The number of hydrogen-bond donors (Lipinski definition) is 2. The molecule has 2 rings (SSSR count). The molecule has 0 aliphatic carbocycles. The highest BCUT2D eigenvalue weighted by Gasteiger charge is 2.19. The van der Waals surface area contributed by atoms with Gasteiger partial charge >= 0.3 is 0 Å². The molecule has 0 aromatic heterocycles. The van der Waals surface area contributed by atoms with Gasteiger partial charge in [0, 0.05) is 42.9 Å². The quantitative estimate of drug-likeness (QED) is 0.342. The first-order valence-electron chi connectivity index (χ1n) is 8.32. The highest BCUT2D eigenvalue weighted by Crippen LogP contribution is 2.19. The number of nitrogens with zero attached hydrogens (tertiary/aromatic N) is 3. The summed E-state index contributed by atoms with van der Waals surface area (Å²) in [5, 5.41) is 0.723. The molecule has 7 nitrogen and oxygen atoms in total. The summed E-state index contributed by atoms with van der Waals surface area (Å²) in [5.41, 5.74) is 7.14. The van der Waals surface area contributed by atoms with Crippen LogP contribution in [0.25, 0.3) is 0 Å². The van der Waals surface area contributed by atoms with Crippen LogP contribution >= 0.6 is 35.6 Å². The Hall–Kier alpha value is -0.780. The molecule has 0 unspecified atom stereocenters. The molecule has 148 valence electrons. The molecular formula is C16H27ClIN5O2S. The molecule has 0 saturated carbocycles. The first-order chi connectivity index (χ1) is 11.8. The van der Waals surface area contributed by atoms with Crippen LogP contribution in [0, 0.1) is 0 Å². The predicted molar refractivity (Wildman–Crippen MR) is 119 cm³/mol. The smallest absolute Gasteiger partial charge is 0.213 e. The van der Waals surface area contributed by atoms with Crippen molar-refractivity contribution >= 4 is 57.2 Å². The molecule has 1 fully saturated rings. The molecule has 3 N–H and O–H groups in total. The zero-order valence-electron chi connectivity index (χ0n) is 15.1. The van der Waals surface area contributed by atoms with Crippen LogP contribution in [-0.2, 0) is 10.0 Å². The van der Waals surface area contributed by atoms with Crippen LogP contribution in [0.3, 0.4) is 0 Å². The molecule has 0 atom stereocenters.